The third kappa shape index (κ3) is 3.62. The minimum absolute atomic E-state index is 0.832. The molecule has 2 heterocycles. The number of rotatable bonds is 6. The molecule has 27 heavy (non-hydrogen) atoms. The number of hydrogen-bond acceptors (Lipinski definition) is 5. The topological polar surface area (TPSA) is 33.0 Å². The minimum atomic E-state index is 0.832. The molecule has 2 aromatic heterocycles. The van der Waals surface area contributed by atoms with Gasteiger partial charge in [-0.05, 0) is 54.6 Å². The summed E-state index contributed by atoms with van der Waals surface area (Å²) >= 11 is 4.46. The highest BCUT2D eigenvalue weighted by Gasteiger charge is 2.20. The van der Waals surface area contributed by atoms with Gasteiger partial charge in [-0.3, -0.25) is 14.4 Å². The molecule has 0 fully saturated rings. The number of hydrazine groups is 1. The van der Waals surface area contributed by atoms with E-state index in [-0.39, 0.29) is 0 Å². The van der Waals surface area contributed by atoms with Gasteiger partial charge in [-0.25, -0.2) is 4.98 Å². The predicted octanol–water partition coefficient (Wildman–Crippen LogP) is 4.43. The molecule has 0 bridgehead atoms. The molecule has 6 heteroatoms. The second-order valence-corrected chi connectivity index (χ2v) is 6.72. The van der Waals surface area contributed by atoms with Gasteiger partial charge in [0, 0.05) is 25.9 Å². The summed E-state index contributed by atoms with van der Waals surface area (Å²) in [5, 5.41) is 6.02. The van der Waals surface area contributed by atoms with Gasteiger partial charge in [0.05, 0.1) is 18.5 Å². The van der Waals surface area contributed by atoms with Gasteiger partial charge in [-0.1, -0.05) is 13.0 Å². The number of imidazole rings is 1. The van der Waals surface area contributed by atoms with Crippen molar-refractivity contribution in [1.82, 2.24) is 14.4 Å². The average molecular weight is 383 g/mol. The fraction of sp³-hybridized carbons (Fsp3) is 0.286. The van der Waals surface area contributed by atoms with Gasteiger partial charge in [-0.15, -0.1) is 12.6 Å². The van der Waals surface area contributed by atoms with Gasteiger partial charge in [0.25, 0.3) is 0 Å². The second kappa shape index (κ2) is 7.96. The third-order valence-corrected chi connectivity index (χ3v) is 5.00. The van der Waals surface area contributed by atoms with Crippen molar-refractivity contribution >= 4 is 29.8 Å². The fourth-order valence-corrected chi connectivity index (χ4v) is 3.49. The van der Waals surface area contributed by atoms with E-state index in [1.807, 2.05) is 43.8 Å². The Morgan fingerprint density at radius 1 is 1.19 bits per heavy atom. The monoisotopic (exact) mass is 382 g/mol. The van der Waals surface area contributed by atoms with Crippen molar-refractivity contribution in [3.63, 3.8) is 0 Å². The second-order valence-electron chi connectivity index (χ2n) is 6.46. The van der Waals surface area contributed by atoms with Crippen LogP contribution in [0.2, 0.25) is 0 Å². The van der Waals surface area contributed by atoms with Crippen molar-refractivity contribution in [3.05, 3.63) is 64.8 Å². The van der Waals surface area contributed by atoms with E-state index in [9.17, 15) is 0 Å². The summed E-state index contributed by atoms with van der Waals surface area (Å²) in [6.45, 7) is 4.22. The maximum absolute atomic E-state index is 5.26. The molecule has 3 aromatic rings. The van der Waals surface area contributed by atoms with Crippen LogP contribution < -0.4 is 9.75 Å². The van der Waals surface area contributed by atoms with E-state index >= 15 is 0 Å². The zero-order chi connectivity index (χ0) is 19.6. The van der Waals surface area contributed by atoms with Crippen LogP contribution in [0.1, 0.15) is 23.7 Å². The number of nitrogens with zero attached hydrogens (tertiary/aromatic N) is 4. The number of aromatic nitrogens is 2. The zero-order valence-corrected chi connectivity index (χ0v) is 17.4. The Morgan fingerprint density at radius 3 is 2.48 bits per heavy atom. The van der Waals surface area contributed by atoms with E-state index in [1.165, 1.54) is 5.56 Å². The molecule has 0 unspecified atom stereocenters. The lowest BCUT2D eigenvalue weighted by Gasteiger charge is -2.34. The Morgan fingerprint density at radius 2 is 1.89 bits per heavy atom. The first-order chi connectivity index (χ1) is 13.0. The quantitative estimate of drug-likeness (QED) is 0.505. The molecule has 0 saturated heterocycles. The lowest BCUT2D eigenvalue weighted by Crippen LogP contribution is -2.36. The van der Waals surface area contributed by atoms with Crippen molar-refractivity contribution in [2.75, 3.05) is 26.2 Å². The maximum atomic E-state index is 5.26. The molecule has 142 valence electrons. The normalized spacial score (nSPS) is 11.7. The zero-order valence-electron chi connectivity index (χ0n) is 16.5. The maximum Gasteiger partial charge on any atom is 0.155 e. The van der Waals surface area contributed by atoms with Gasteiger partial charge in [0.15, 0.2) is 5.82 Å². The molecule has 5 nitrogen and oxygen atoms in total. The highest BCUT2D eigenvalue weighted by atomic mass is 32.1. The van der Waals surface area contributed by atoms with Crippen LogP contribution in [0.25, 0.3) is 11.3 Å². The van der Waals surface area contributed by atoms with E-state index in [0.29, 0.717) is 0 Å². The lowest BCUT2D eigenvalue weighted by atomic mass is 10.1. The van der Waals surface area contributed by atoms with Crippen LogP contribution in [0.5, 0.6) is 5.75 Å². The first kappa shape index (κ1) is 19.2. The summed E-state index contributed by atoms with van der Waals surface area (Å²) in [6, 6.07) is 12.1. The number of hydrogen-bond donors (Lipinski definition) is 1. The van der Waals surface area contributed by atoms with Crippen molar-refractivity contribution < 1.29 is 4.74 Å². The molecule has 0 amide bonds. The van der Waals surface area contributed by atoms with Gasteiger partial charge in [-0.2, -0.15) is 0 Å². The van der Waals surface area contributed by atoms with Crippen LogP contribution in [0, 0.1) is 6.92 Å². The number of ether oxygens (including phenoxy) is 1. The van der Waals surface area contributed by atoms with Gasteiger partial charge < -0.3 is 4.74 Å². The smallest absolute Gasteiger partial charge is 0.155 e. The van der Waals surface area contributed by atoms with Gasteiger partial charge in [0.2, 0.25) is 0 Å². The predicted molar refractivity (Wildman–Crippen MR) is 115 cm³/mol. The van der Waals surface area contributed by atoms with Crippen LogP contribution in [-0.4, -0.2) is 35.6 Å². The first-order valence-electron chi connectivity index (χ1n) is 8.93. The molecule has 0 saturated carbocycles. The summed E-state index contributed by atoms with van der Waals surface area (Å²) in [5.41, 5.74) is 5.24. The highest BCUT2D eigenvalue weighted by Crippen LogP contribution is 2.29. The molecule has 0 aliphatic heterocycles. The molecule has 0 N–H and O–H groups in total. The fourth-order valence-electron chi connectivity index (χ4n) is 3.18. The average Bonchev–Trinajstić information content (AvgIpc) is 3.06. The van der Waals surface area contributed by atoms with E-state index < -0.39 is 0 Å². The van der Waals surface area contributed by atoms with Crippen LogP contribution >= 0.6 is 12.6 Å². The Labute approximate surface area is 166 Å². The largest absolute Gasteiger partial charge is 0.497 e. The molecule has 0 atom stereocenters. The molecule has 1 aromatic carbocycles. The molecule has 0 aliphatic carbocycles. The van der Waals surface area contributed by atoms with Crippen molar-refractivity contribution in [2.45, 2.75) is 20.3 Å². The molecule has 0 spiro atoms. The molecular weight excluding hydrogens is 356 g/mol. The van der Waals surface area contributed by atoms with Gasteiger partial charge >= 0.3 is 0 Å². The number of methoxy groups -OCH3 is 1. The Bertz CT molecular complexity index is 962. The van der Waals surface area contributed by atoms with Crippen molar-refractivity contribution in [3.8, 4) is 5.75 Å². The summed E-state index contributed by atoms with van der Waals surface area (Å²) in [7, 11) is 5.75. The van der Waals surface area contributed by atoms with Crippen LogP contribution in [0.4, 0.5) is 5.82 Å². The SMILES string of the molecule is CCc1nc2ccc(C)cn2c1N(C)N(C)/C(=C\S)c1ccc(OC)cc1. The number of benzene rings is 1. The summed E-state index contributed by atoms with van der Waals surface area (Å²) in [5.74, 6) is 1.89. The highest BCUT2D eigenvalue weighted by molar-refractivity contribution is 7.83. The van der Waals surface area contributed by atoms with E-state index in [4.69, 9.17) is 9.72 Å². The Hall–Kier alpha value is -2.60. The van der Waals surface area contributed by atoms with Crippen molar-refractivity contribution in [2.24, 2.45) is 0 Å². The van der Waals surface area contributed by atoms with Gasteiger partial charge in [0.1, 0.15) is 11.4 Å². The number of anilines is 1. The number of fused-ring (bicyclic) bond motifs is 1. The molecule has 0 radical (unpaired) electrons. The molecule has 3 rings (SSSR count). The van der Waals surface area contributed by atoms with E-state index in [0.717, 1.165) is 40.6 Å². The van der Waals surface area contributed by atoms with E-state index in [1.54, 1.807) is 7.11 Å². The van der Waals surface area contributed by atoms with Crippen molar-refractivity contribution in [1.29, 1.82) is 0 Å². The number of aryl methyl sites for hydroxylation is 2. The lowest BCUT2D eigenvalue weighted by molar-refractivity contribution is 0.414. The standard InChI is InChI=1S/C21H26N4OS/c1-6-18-21(25-13-15(2)7-12-20(25)22-18)24(4)23(3)19(14-27)16-8-10-17(26-5)11-9-16/h7-14,27H,6H2,1-5H3/b19-14-. The summed E-state index contributed by atoms with van der Waals surface area (Å²) < 4.78 is 7.41. The minimum Gasteiger partial charge on any atom is -0.497 e. The molecular formula is C21H26N4OS. The molecule has 0 aliphatic rings. The third-order valence-electron chi connectivity index (χ3n) is 4.76. The van der Waals surface area contributed by atoms with Crippen LogP contribution in [0.3, 0.4) is 0 Å². The van der Waals surface area contributed by atoms with Crippen LogP contribution in [0.15, 0.2) is 48.0 Å². The van der Waals surface area contributed by atoms with E-state index in [2.05, 4.69) is 59.2 Å². The summed E-state index contributed by atoms with van der Waals surface area (Å²) in [4.78, 5) is 4.80. The Kier molecular flexibility index (Phi) is 5.65. The number of pyridine rings is 1. The van der Waals surface area contributed by atoms with Crippen LogP contribution in [-0.2, 0) is 6.42 Å². The summed E-state index contributed by atoms with van der Waals surface area (Å²) in [6.07, 6.45) is 2.98. The first-order valence-corrected chi connectivity index (χ1v) is 9.45. The number of thiol groups is 1. The Balaban J connectivity index is 2.02.